The number of benzene rings is 1. The van der Waals surface area contributed by atoms with Crippen molar-refractivity contribution in [3.63, 3.8) is 0 Å². The maximum atomic E-state index is 3.89. The van der Waals surface area contributed by atoms with E-state index >= 15 is 0 Å². The van der Waals surface area contributed by atoms with Gasteiger partial charge in [-0.1, -0.05) is 114 Å². The highest BCUT2D eigenvalue weighted by Crippen LogP contribution is 2.13. The monoisotopic (exact) mass is 287 g/mol. The molecular weight excluding hydrogens is 252 g/mol. The van der Waals surface area contributed by atoms with Gasteiger partial charge < -0.3 is 0 Å². The lowest BCUT2D eigenvalue weighted by Gasteiger charge is -2.03. The molecule has 0 aliphatic heterocycles. The van der Waals surface area contributed by atoms with Crippen LogP contribution in [-0.2, 0) is 6.42 Å². The van der Waals surface area contributed by atoms with Crippen LogP contribution in [-0.4, -0.2) is 0 Å². The highest BCUT2D eigenvalue weighted by molar-refractivity contribution is 5.14. The number of rotatable bonds is 14. The van der Waals surface area contributed by atoms with Crippen LogP contribution in [0.4, 0.5) is 0 Å². The molecule has 0 nitrogen and oxygen atoms in total. The summed E-state index contributed by atoms with van der Waals surface area (Å²) in [6.07, 6.45) is 19.4. The third kappa shape index (κ3) is 11.5. The summed E-state index contributed by atoms with van der Waals surface area (Å²) in [6, 6.07) is 10.9. The molecule has 1 rings (SSSR count). The van der Waals surface area contributed by atoms with Gasteiger partial charge in [0.25, 0.3) is 0 Å². The van der Waals surface area contributed by atoms with Gasteiger partial charge in [0.05, 0.1) is 0 Å². The van der Waals surface area contributed by atoms with Crippen LogP contribution >= 0.6 is 0 Å². The third-order valence-electron chi connectivity index (χ3n) is 4.31. The smallest absolute Gasteiger partial charge is 0.0279 e. The summed E-state index contributed by atoms with van der Waals surface area (Å²) >= 11 is 0. The van der Waals surface area contributed by atoms with Crippen molar-refractivity contribution >= 4 is 0 Å². The fraction of sp³-hybridized carbons (Fsp3) is 0.667. The van der Waals surface area contributed by atoms with E-state index in [4.69, 9.17) is 0 Å². The van der Waals surface area contributed by atoms with Crippen molar-refractivity contribution < 1.29 is 0 Å². The minimum absolute atomic E-state index is 1.12. The number of hydrogen-bond donors (Lipinski definition) is 0. The van der Waals surface area contributed by atoms with Gasteiger partial charge in [-0.05, 0) is 18.4 Å². The second kappa shape index (κ2) is 14.2. The maximum absolute atomic E-state index is 3.89. The van der Waals surface area contributed by atoms with E-state index in [0.717, 1.165) is 6.42 Å². The van der Waals surface area contributed by atoms with Crippen LogP contribution in [0.5, 0.6) is 0 Å². The molecule has 0 saturated carbocycles. The summed E-state index contributed by atoms with van der Waals surface area (Å²) in [5, 5.41) is 0. The third-order valence-corrected chi connectivity index (χ3v) is 4.31. The topological polar surface area (TPSA) is 0 Å². The van der Waals surface area contributed by atoms with Gasteiger partial charge in [0.1, 0.15) is 0 Å². The van der Waals surface area contributed by atoms with Gasteiger partial charge in [0, 0.05) is 0 Å². The maximum Gasteiger partial charge on any atom is -0.0279 e. The molecule has 0 aliphatic carbocycles. The molecule has 0 saturated heterocycles. The quantitative estimate of drug-likeness (QED) is 0.319. The molecule has 0 aliphatic rings. The van der Waals surface area contributed by atoms with Gasteiger partial charge in [0.15, 0.2) is 0 Å². The first kappa shape index (κ1) is 18.3. The van der Waals surface area contributed by atoms with E-state index in [-0.39, 0.29) is 0 Å². The Hall–Kier alpha value is -0.780. The SMILES string of the molecule is [CH2]CCCCCCCCCCCCCCc1ccccc1. The van der Waals surface area contributed by atoms with Crippen LogP contribution in [0.2, 0.25) is 0 Å². The molecule has 119 valence electrons. The molecule has 0 heteroatoms. The van der Waals surface area contributed by atoms with Crippen molar-refractivity contribution in [1.29, 1.82) is 0 Å². The zero-order chi connectivity index (χ0) is 15.0. The lowest BCUT2D eigenvalue weighted by atomic mass is 10.0. The lowest BCUT2D eigenvalue weighted by Crippen LogP contribution is -1.86. The average Bonchev–Trinajstić information content (AvgIpc) is 2.53. The highest BCUT2D eigenvalue weighted by Gasteiger charge is 1.95. The highest BCUT2D eigenvalue weighted by atomic mass is 14.0. The van der Waals surface area contributed by atoms with Crippen LogP contribution < -0.4 is 0 Å². The van der Waals surface area contributed by atoms with Crippen molar-refractivity contribution in [2.24, 2.45) is 0 Å². The second-order valence-electron chi connectivity index (χ2n) is 6.33. The fourth-order valence-electron chi connectivity index (χ4n) is 2.92. The average molecular weight is 288 g/mol. The van der Waals surface area contributed by atoms with Crippen molar-refractivity contribution in [3.8, 4) is 0 Å². The molecule has 0 heterocycles. The van der Waals surface area contributed by atoms with Gasteiger partial charge in [-0.2, -0.15) is 0 Å². The van der Waals surface area contributed by atoms with E-state index in [9.17, 15) is 0 Å². The Morgan fingerprint density at radius 1 is 0.524 bits per heavy atom. The van der Waals surface area contributed by atoms with E-state index in [0.29, 0.717) is 0 Å². The number of aryl methyl sites for hydroxylation is 1. The molecular formula is C21H35. The van der Waals surface area contributed by atoms with Crippen LogP contribution in [0.1, 0.15) is 89.0 Å². The molecule has 0 fully saturated rings. The molecule has 0 spiro atoms. The summed E-state index contributed by atoms with van der Waals surface area (Å²) in [6.45, 7) is 3.89. The molecule has 21 heavy (non-hydrogen) atoms. The summed E-state index contributed by atoms with van der Waals surface area (Å²) < 4.78 is 0. The van der Waals surface area contributed by atoms with Gasteiger partial charge in [-0.25, -0.2) is 0 Å². The largest absolute Gasteiger partial charge is 0.0622 e. The van der Waals surface area contributed by atoms with E-state index in [1.165, 1.54) is 89.0 Å². The normalized spacial score (nSPS) is 10.9. The molecule has 0 aromatic heterocycles. The predicted molar refractivity (Wildman–Crippen MR) is 95.5 cm³/mol. The van der Waals surface area contributed by atoms with Gasteiger partial charge in [0.2, 0.25) is 0 Å². The van der Waals surface area contributed by atoms with Gasteiger partial charge >= 0.3 is 0 Å². The Bertz CT molecular complexity index is 301. The molecule has 0 amide bonds. The van der Waals surface area contributed by atoms with Crippen LogP contribution in [0.15, 0.2) is 30.3 Å². The fourth-order valence-corrected chi connectivity index (χ4v) is 2.92. The van der Waals surface area contributed by atoms with Crippen molar-refractivity contribution in [2.45, 2.75) is 89.9 Å². The minimum atomic E-state index is 1.12. The van der Waals surface area contributed by atoms with Crippen molar-refractivity contribution in [3.05, 3.63) is 42.8 Å². The van der Waals surface area contributed by atoms with E-state index in [1.54, 1.807) is 0 Å². The zero-order valence-corrected chi connectivity index (χ0v) is 14.0. The molecule has 1 aromatic carbocycles. The Kier molecular flexibility index (Phi) is 12.3. The zero-order valence-electron chi connectivity index (χ0n) is 14.0. The first-order chi connectivity index (χ1) is 10.4. The van der Waals surface area contributed by atoms with Crippen molar-refractivity contribution in [1.82, 2.24) is 0 Å². The first-order valence-electron chi connectivity index (χ1n) is 9.26. The Labute approximate surface area is 133 Å². The molecule has 1 radical (unpaired) electrons. The molecule has 0 N–H and O–H groups in total. The minimum Gasteiger partial charge on any atom is -0.0622 e. The standard InChI is InChI=1S/C21H35/c1-2-3-4-5-6-7-8-9-10-11-12-13-15-18-21-19-16-14-17-20-21/h14,16-17,19-20H,1-13,15,18H2. The van der Waals surface area contributed by atoms with Gasteiger partial charge in [-0.15, -0.1) is 0 Å². The second-order valence-corrected chi connectivity index (χ2v) is 6.33. The van der Waals surface area contributed by atoms with E-state index in [1.807, 2.05) is 0 Å². The summed E-state index contributed by atoms with van der Waals surface area (Å²) in [5.74, 6) is 0. The van der Waals surface area contributed by atoms with E-state index < -0.39 is 0 Å². The molecule has 0 unspecified atom stereocenters. The molecule has 1 aromatic rings. The van der Waals surface area contributed by atoms with Crippen LogP contribution in [0.25, 0.3) is 0 Å². The number of unbranched alkanes of at least 4 members (excludes halogenated alkanes) is 12. The summed E-state index contributed by atoms with van der Waals surface area (Å²) in [4.78, 5) is 0. The summed E-state index contributed by atoms with van der Waals surface area (Å²) in [7, 11) is 0. The summed E-state index contributed by atoms with van der Waals surface area (Å²) in [5.41, 5.74) is 1.50. The van der Waals surface area contributed by atoms with E-state index in [2.05, 4.69) is 37.3 Å². The Morgan fingerprint density at radius 3 is 1.43 bits per heavy atom. The molecule has 0 bridgehead atoms. The first-order valence-corrected chi connectivity index (χ1v) is 9.26. The predicted octanol–water partition coefficient (Wildman–Crippen LogP) is 7.13. The lowest BCUT2D eigenvalue weighted by molar-refractivity contribution is 0.541. The Balaban J connectivity index is 1.75. The molecule has 0 atom stereocenters. The van der Waals surface area contributed by atoms with Crippen molar-refractivity contribution in [2.75, 3.05) is 0 Å². The number of hydrogen-bond acceptors (Lipinski definition) is 0. The van der Waals surface area contributed by atoms with Crippen LogP contribution in [0.3, 0.4) is 0 Å². The van der Waals surface area contributed by atoms with Gasteiger partial charge in [-0.3, -0.25) is 0 Å². The van der Waals surface area contributed by atoms with Crippen LogP contribution in [0, 0.1) is 6.92 Å². The Morgan fingerprint density at radius 2 is 0.952 bits per heavy atom.